The van der Waals surface area contributed by atoms with Crippen molar-refractivity contribution in [1.82, 2.24) is 4.90 Å². The van der Waals surface area contributed by atoms with Crippen molar-refractivity contribution in [3.63, 3.8) is 0 Å². The molecule has 0 aromatic rings. The average molecular weight is 356 g/mol. The maximum absolute atomic E-state index is 11.9. The van der Waals surface area contributed by atoms with E-state index >= 15 is 0 Å². The van der Waals surface area contributed by atoms with E-state index in [1.165, 1.54) is 0 Å². The van der Waals surface area contributed by atoms with Gasteiger partial charge in [0.2, 0.25) is 0 Å². The van der Waals surface area contributed by atoms with Crippen molar-refractivity contribution < 1.29 is 19.8 Å². The normalized spacial score (nSPS) is 21.8. The molecule has 1 heterocycles. The van der Waals surface area contributed by atoms with Gasteiger partial charge in [-0.15, -0.1) is 0 Å². The summed E-state index contributed by atoms with van der Waals surface area (Å²) in [7, 11) is 2.14. The van der Waals surface area contributed by atoms with Crippen molar-refractivity contribution in [2.24, 2.45) is 11.8 Å². The van der Waals surface area contributed by atoms with Gasteiger partial charge in [0.15, 0.2) is 0 Å². The number of aliphatic carboxylic acids is 2. The van der Waals surface area contributed by atoms with Crippen LogP contribution in [0.5, 0.6) is 0 Å². The average Bonchev–Trinajstić information content (AvgIpc) is 2.46. The summed E-state index contributed by atoms with van der Waals surface area (Å²) < 4.78 is 0. The molecular weight excluding hydrogens is 318 g/mol. The van der Waals surface area contributed by atoms with Crippen LogP contribution in [0.25, 0.3) is 0 Å². The zero-order valence-corrected chi connectivity index (χ0v) is 16.7. The van der Waals surface area contributed by atoms with Crippen LogP contribution in [0.2, 0.25) is 0 Å². The van der Waals surface area contributed by atoms with Crippen molar-refractivity contribution in [2.45, 2.75) is 96.6 Å². The Morgan fingerprint density at radius 1 is 0.960 bits per heavy atom. The molecule has 5 nitrogen and oxygen atoms in total. The van der Waals surface area contributed by atoms with Gasteiger partial charge >= 0.3 is 11.9 Å². The molecule has 1 aliphatic rings. The second kappa shape index (κ2) is 9.02. The smallest absolute Gasteiger partial charge is 0.306 e. The fraction of sp³-hybridized carbons (Fsp3) is 0.900. The number of piperidine rings is 1. The minimum atomic E-state index is -0.738. The molecule has 1 unspecified atom stereocenters. The first-order valence-electron chi connectivity index (χ1n) is 9.66. The number of carboxylic acids is 2. The zero-order valence-electron chi connectivity index (χ0n) is 16.7. The van der Waals surface area contributed by atoms with Gasteiger partial charge in [0.1, 0.15) is 0 Å². The molecule has 25 heavy (non-hydrogen) atoms. The molecule has 1 saturated heterocycles. The first-order chi connectivity index (χ1) is 11.5. The molecule has 0 aromatic carbocycles. The quantitative estimate of drug-likeness (QED) is 0.568. The van der Waals surface area contributed by atoms with Crippen LogP contribution in [0.4, 0.5) is 0 Å². The third-order valence-corrected chi connectivity index (χ3v) is 6.13. The number of unbranched alkanes of at least 4 members (excludes halogenated alkanes) is 4. The van der Waals surface area contributed by atoms with E-state index in [1.54, 1.807) is 0 Å². The van der Waals surface area contributed by atoms with Gasteiger partial charge in [0.25, 0.3) is 0 Å². The summed E-state index contributed by atoms with van der Waals surface area (Å²) in [5.74, 6) is -1.46. The van der Waals surface area contributed by atoms with Crippen LogP contribution in [-0.4, -0.2) is 45.2 Å². The summed E-state index contributed by atoms with van der Waals surface area (Å²) in [6, 6.07) is 0. The minimum absolute atomic E-state index is 0.0109. The van der Waals surface area contributed by atoms with Gasteiger partial charge < -0.3 is 10.2 Å². The van der Waals surface area contributed by atoms with Crippen LogP contribution in [0.3, 0.4) is 0 Å². The highest BCUT2D eigenvalue weighted by Crippen LogP contribution is 2.44. The van der Waals surface area contributed by atoms with Gasteiger partial charge in [-0.05, 0) is 66.3 Å². The van der Waals surface area contributed by atoms with Gasteiger partial charge in [0, 0.05) is 17.5 Å². The van der Waals surface area contributed by atoms with E-state index in [1.807, 2.05) is 0 Å². The van der Waals surface area contributed by atoms with Gasteiger partial charge in [-0.1, -0.05) is 25.7 Å². The Morgan fingerprint density at radius 2 is 1.44 bits per heavy atom. The molecule has 1 rings (SSSR count). The van der Waals surface area contributed by atoms with E-state index in [0.717, 1.165) is 51.4 Å². The van der Waals surface area contributed by atoms with Crippen LogP contribution in [0.1, 0.15) is 85.5 Å². The molecule has 0 saturated carbocycles. The number of hydrogen-bond acceptors (Lipinski definition) is 3. The van der Waals surface area contributed by atoms with Crippen LogP contribution in [0, 0.1) is 11.8 Å². The van der Waals surface area contributed by atoms with E-state index < -0.39 is 11.9 Å². The van der Waals surface area contributed by atoms with E-state index in [4.69, 9.17) is 5.11 Å². The predicted octanol–water partition coefficient (Wildman–Crippen LogP) is 4.40. The van der Waals surface area contributed by atoms with Crippen molar-refractivity contribution in [2.75, 3.05) is 7.05 Å². The Balaban J connectivity index is 2.51. The number of likely N-dealkylation sites (tertiary alicyclic amines) is 1. The number of carbonyl (C=O) groups is 2. The number of hydrogen-bond donors (Lipinski definition) is 2. The van der Waals surface area contributed by atoms with Gasteiger partial charge in [0.05, 0.1) is 5.92 Å². The maximum atomic E-state index is 11.9. The summed E-state index contributed by atoms with van der Waals surface area (Å²) in [6.07, 6.45) is 7.33. The molecular formula is C20H37NO4. The summed E-state index contributed by atoms with van der Waals surface area (Å²) in [4.78, 5) is 24.7. The molecule has 146 valence electrons. The first kappa shape index (κ1) is 21.9. The Bertz CT molecular complexity index is 441. The lowest BCUT2D eigenvalue weighted by molar-refractivity contribution is -0.147. The summed E-state index contributed by atoms with van der Waals surface area (Å²) in [6.45, 7) is 8.84. The number of nitrogens with zero attached hydrogens (tertiary/aromatic N) is 1. The largest absolute Gasteiger partial charge is 0.481 e. The SMILES string of the molecule is CN1C(C)(C)CC(C(CCCCCCCC(=O)O)C(=O)O)CC1(C)C. The van der Waals surface area contributed by atoms with Crippen molar-refractivity contribution in [3.05, 3.63) is 0 Å². The first-order valence-corrected chi connectivity index (χ1v) is 9.66. The van der Waals surface area contributed by atoms with Crippen molar-refractivity contribution >= 4 is 11.9 Å². The molecule has 0 aromatic heterocycles. The predicted molar refractivity (Wildman–Crippen MR) is 99.7 cm³/mol. The Labute approximate surface area is 152 Å². The summed E-state index contributed by atoms with van der Waals surface area (Å²) in [5.41, 5.74) is 0.0217. The number of carboxylic acid groups (broad SMARTS) is 2. The summed E-state index contributed by atoms with van der Waals surface area (Å²) in [5, 5.41) is 18.4. The van der Waals surface area contributed by atoms with E-state index in [9.17, 15) is 14.7 Å². The zero-order chi connectivity index (χ0) is 19.3. The standard InChI is InChI=1S/C20H37NO4/c1-19(2)13-15(14-20(3,4)21(19)5)16(18(24)25)11-9-7-6-8-10-12-17(22)23/h15-16H,6-14H2,1-5H3,(H,22,23)(H,24,25). The van der Waals surface area contributed by atoms with Crippen molar-refractivity contribution in [3.8, 4) is 0 Å². The highest BCUT2D eigenvalue weighted by atomic mass is 16.4. The topological polar surface area (TPSA) is 77.8 Å². The second-order valence-corrected chi connectivity index (χ2v) is 9.00. The van der Waals surface area contributed by atoms with E-state index in [2.05, 4.69) is 39.6 Å². The molecule has 0 amide bonds. The van der Waals surface area contributed by atoms with Gasteiger partial charge in [-0.2, -0.15) is 0 Å². The third-order valence-electron chi connectivity index (χ3n) is 6.13. The fourth-order valence-electron chi connectivity index (χ4n) is 4.46. The maximum Gasteiger partial charge on any atom is 0.306 e. The molecule has 0 aliphatic carbocycles. The fourth-order valence-corrected chi connectivity index (χ4v) is 4.46. The van der Waals surface area contributed by atoms with Crippen LogP contribution in [-0.2, 0) is 9.59 Å². The molecule has 1 aliphatic heterocycles. The Hall–Kier alpha value is -1.10. The van der Waals surface area contributed by atoms with Crippen LogP contribution < -0.4 is 0 Å². The van der Waals surface area contributed by atoms with Gasteiger partial charge in [-0.3, -0.25) is 14.5 Å². The highest BCUT2D eigenvalue weighted by Gasteiger charge is 2.46. The lowest BCUT2D eigenvalue weighted by Crippen LogP contribution is -2.59. The van der Waals surface area contributed by atoms with E-state index in [0.29, 0.717) is 0 Å². The molecule has 1 atom stereocenters. The lowest BCUT2D eigenvalue weighted by Gasteiger charge is -2.54. The summed E-state index contributed by atoms with van der Waals surface area (Å²) >= 11 is 0. The van der Waals surface area contributed by atoms with Crippen LogP contribution >= 0.6 is 0 Å². The number of rotatable bonds is 10. The molecule has 1 fully saturated rings. The lowest BCUT2D eigenvalue weighted by atomic mass is 9.68. The molecule has 0 radical (unpaired) electrons. The molecule has 0 spiro atoms. The highest BCUT2D eigenvalue weighted by molar-refractivity contribution is 5.70. The van der Waals surface area contributed by atoms with Crippen molar-refractivity contribution in [1.29, 1.82) is 0 Å². The molecule has 0 bridgehead atoms. The molecule has 5 heteroatoms. The van der Waals surface area contributed by atoms with Crippen LogP contribution in [0.15, 0.2) is 0 Å². The Kier molecular flexibility index (Phi) is 7.91. The third kappa shape index (κ3) is 6.61. The Morgan fingerprint density at radius 3 is 1.92 bits per heavy atom. The molecule has 2 N–H and O–H groups in total. The minimum Gasteiger partial charge on any atom is -0.481 e. The van der Waals surface area contributed by atoms with E-state index in [-0.39, 0.29) is 29.3 Å². The van der Waals surface area contributed by atoms with Gasteiger partial charge in [-0.25, -0.2) is 0 Å². The monoisotopic (exact) mass is 355 g/mol. The second-order valence-electron chi connectivity index (χ2n) is 9.00.